The molecule has 2 rings (SSSR count). The number of nitrogen functional groups attached to an aromatic ring is 1. The van der Waals surface area contributed by atoms with Crippen molar-refractivity contribution >= 4 is 29.1 Å². The fourth-order valence-corrected chi connectivity index (χ4v) is 2.40. The Morgan fingerprint density at radius 2 is 1.60 bits per heavy atom. The lowest BCUT2D eigenvalue weighted by Crippen LogP contribution is -2.28. The molecule has 0 saturated heterocycles. The number of hydrogen-bond donors (Lipinski definition) is 3. The molecule has 0 aliphatic rings. The zero-order valence-electron chi connectivity index (χ0n) is 13.9. The monoisotopic (exact) mass is 359 g/mol. The molecule has 0 atom stereocenters. The van der Waals surface area contributed by atoms with Crippen LogP contribution in [0.5, 0.6) is 0 Å². The molecule has 0 aliphatic carbocycles. The molecule has 0 radical (unpaired) electrons. The Bertz CT molecular complexity index is 700. The molecule has 0 fully saturated rings. The fraction of sp³-hybridized carbons (Fsp3) is 0.263. The molecule has 2 amide bonds. The van der Waals surface area contributed by atoms with Crippen molar-refractivity contribution in [2.75, 3.05) is 18.8 Å². The summed E-state index contributed by atoms with van der Waals surface area (Å²) in [6.45, 7) is 1.03. The third-order valence-electron chi connectivity index (χ3n) is 3.69. The molecule has 0 aromatic heterocycles. The van der Waals surface area contributed by atoms with Crippen molar-refractivity contribution in [1.29, 1.82) is 0 Å². The molecule has 0 bridgehead atoms. The van der Waals surface area contributed by atoms with Gasteiger partial charge in [0.25, 0.3) is 5.91 Å². The Kier molecular flexibility index (Phi) is 7.29. The summed E-state index contributed by atoms with van der Waals surface area (Å²) in [5.41, 5.74) is 8.04. The first kappa shape index (κ1) is 18.8. The van der Waals surface area contributed by atoms with Gasteiger partial charge in [-0.15, -0.1) is 0 Å². The maximum absolute atomic E-state index is 11.9. The van der Waals surface area contributed by atoms with Gasteiger partial charge in [0.15, 0.2) is 0 Å². The van der Waals surface area contributed by atoms with Gasteiger partial charge < -0.3 is 16.4 Å². The zero-order valence-corrected chi connectivity index (χ0v) is 14.7. The van der Waals surface area contributed by atoms with E-state index in [9.17, 15) is 9.59 Å². The molecule has 2 aromatic carbocycles. The van der Waals surface area contributed by atoms with Crippen LogP contribution in [0, 0.1) is 0 Å². The number of nitrogens with two attached hydrogens (primary N) is 1. The molecule has 5 nitrogen and oxygen atoms in total. The lowest BCUT2D eigenvalue weighted by Gasteiger charge is -2.07. The zero-order chi connectivity index (χ0) is 18.1. The van der Waals surface area contributed by atoms with E-state index in [-0.39, 0.29) is 11.8 Å². The molecule has 0 spiro atoms. The highest BCUT2D eigenvalue weighted by Crippen LogP contribution is 2.09. The highest BCUT2D eigenvalue weighted by molar-refractivity contribution is 6.30. The maximum atomic E-state index is 11.9. The first-order valence-corrected chi connectivity index (χ1v) is 8.57. The summed E-state index contributed by atoms with van der Waals surface area (Å²) < 4.78 is 0. The summed E-state index contributed by atoms with van der Waals surface area (Å²) in [6.07, 6.45) is 1.73. The van der Waals surface area contributed by atoms with Crippen molar-refractivity contribution in [3.05, 3.63) is 64.7 Å². The van der Waals surface area contributed by atoms with Crippen molar-refractivity contribution < 1.29 is 9.59 Å². The summed E-state index contributed by atoms with van der Waals surface area (Å²) in [7, 11) is 0. The van der Waals surface area contributed by atoms with Crippen molar-refractivity contribution in [3.8, 4) is 0 Å². The van der Waals surface area contributed by atoms with Gasteiger partial charge in [0.2, 0.25) is 5.91 Å². The molecule has 25 heavy (non-hydrogen) atoms. The summed E-state index contributed by atoms with van der Waals surface area (Å²) in [4.78, 5) is 23.7. The largest absolute Gasteiger partial charge is 0.399 e. The van der Waals surface area contributed by atoms with Gasteiger partial charge in [0.1, 0.15) is 0 Å². The Morgan fingerprint density at radius 3 is 2.28 bits per heavy atom. The molecular weight excluding hydrogens is 338 g/mol. The van der Waals surface area contributed by atoms with E-state index in [4.69, 9.17) is 17.3 Å². The van der Waals surface area contributed by atoms with Crippen molar-refractivity contribution in [1.82, 2.24) is 10.6 Å². The number of halogens is 1. The molecule has 132 valence electrons. The standard InChI is InChI=1S/C19H22ClN3O2/c20-16-7-5-15(6-8-16)19(25)23-12-1-2-18(24)22-13-11-14-3-9-17(21)10-4-14/h3-10H,1-2,11-13,21H2,(H,22,24)(H,23,25). The number of carbonyl (C=O) groups excluding carboxylic acids is 2. The molecule has 2 aromatic rings. The second-order valence-electron chi connectivity index (χ2n) is 5.71. The van der Waals surface area contributed by atoms with Gasteiger partial charge in [-0.1, -0.05) is 23.7 Å². The molecule has 0 saturated carbocycles. The van der Waals surface area contributed by atoms with E-state index >= 15 is 0 Å². The van der Waals surface area contributed by atoms with Gasteiger partial charge in [-0.2, -0.15) is 0 Å². The SMILES string of the molecule is Nc1ccc(CCNC(=O)CCCNC(=O)c2ccc(Cl)cc2)cc1. The Morgan fingerprint density at radius 1 is 0.920 bits per heavy atom. The van der Waals surface area contributed by atoms with E-state index < -0.39 is 0 Å². The minimum absolute atomic E-state index is 0.0174. The van der Waals surface area contributed by atoms with Crippen molar-refractivity contribution in [2.45, 2.75) is 19.3 Å². The number of benzene rings is 2. The number of hydrogen-bond acceptors (Lipinski definition) is 3. The Labute approximate surface area is 152 Å². The van der Waals surface area contributed by atoms with Crippen molar-refractivity contribution in [3.63, 3.8) is 0 Å². The van der Waals surface area contributed by atoms with Crippen LogP contribution >= 0.6 is 11.6 Å². The van der Waals surface area contributed by atoms with Gasteiger partial charge in [-0.3, -0.25) is 9.59 Å². The molecule has 6 heteroatoms. The average Bonchev–Trinajstić information content (AvgIpc) is 2.61. The first-order valence-electron chi connectivity index (χ1n) is 8.19. The smallest absolute Gasteiger partial charge is 0.251 e. The van der Waals surface area contributed by atoms with Crippen LogP contribution in [0.15, 0.2) is 48.5 Å². The van der Waals surface area contributed by atoms with Gasteiger partial charge in [-0.05, 0) is 54.8 Å². The maximum Gasteiger partial charge on any atom is 0.251 e. The summed E-state index contributed by atoms with van der Waals surface area (Å²) in [6, 6.07) is 14.3. The number of anilines is 1. The van der Waals surface area contributed by atoms with E-state index in [0.717, 1.165) is 17.7 Å². The van der Waals surface area contributed by atoms with E-state index in [0.29, 0.717) is 36.5 Å². The predicted molar refractivity (Wildman–Crippen MR) is 101 cm³/mol. The van der Waals surface area contributed by atoms with Gasteiger partial charge >= 0.3 is 0 Å². The average molecular weight is 360 g/mol. The van der Waals surface area contributed by atoms with Gasteiger partial charge in [0.05, 0.1) is 0 Å². The fourth-order valence-electron chi connectivity index (χ4n) is 2.27. The van der Waals surface area contributed by atoms with Crippen LogP contribution in [0.2, 0.25) is 5.02 Å². The number of nitrogens with one attached hydrogen (secondary N) is 2. The molecule has 0 unspecified atom stereocenters. The highest BCUT2D eigenvalue weighted by atomic mass is 35.5. The number of amides is 2. The van der Waals surface area contributed by atoms with Crippen LogP contribution in [0.1, 0.15) is 28.8 Å². The summed E-state index contributed by atoms with van der Waals surface area (Å²) >= 11 is 5.78. The number of rotatable bonds is 8. The second-order valence-corrected chi connectivity index (χ2v) is 6.14. The van der Waals surface area contributed by atoms with Gasteiger partial charge in [-0.25, -0.2) is 0 Å². The topological polar surface area (TPSA) is 84.2 Å². The van der Waals surface area contributed by atoms with Crippen LogP contribution in [0.3, 0.4) is 0 Å². The second kappa shape index (κ2) is 9.69. The normalized spacial score (nSPS) is 10.3. The molecule has 0 aliphatic heterocycles. The first-order chi connectivity index (χ1) is 12.0. The van der Waals surface area contributed by atoms with Crippen LogP contribution in [-0.4, -0.2) is 24.9 Å². The third kappa shape index (κ3) is 6.85. The minimum atomic E-state index is -0.166. The quantitative estimate of drug-likeness (QED) is 0.500. The van der Waals surface area contributed by atoms with E-state index in [1.54, 1.807) is 24.3 Å². The van der Waals surface area contributed by atoms with Crippen LogP contribution in [0.25, 0.3) is 0 Å². The van der Waals surface area contributed by atoms with E-state index in [1.807, 2.05) is 24.3 Å². The van der Waals surface area contributed by atoms with E-state index in [2.05, 4.69) is 10.6 Å². The van der Waals surface area contributed by atoms with Crippen LogP contribution < -0.4 is 16.4 Å². The molecule has 0 heterocycles. The molecular formula is C19H22ClN3O2. The Balaban J connectivity index is 1.58. The van der Waals surface area contributed by atoms with Crippen molar-refractivity contribution in [2.24, 2.45) is 0 Å². The lowest BCUT2D eigenvalue weighted by molar-refractivity contribution is -0.121. The Hall–Kier alpha value is -2.53. The number of carbonyl (C=O) groups is 2. The summed E-state index contributed by atoms with van der Waals surface area (Å²) in [5.74, 6) is -0.184. The van der Waals surface area contributed by atoms with Crippen LogP contribution in [-0.2, 0) is 11.2 Å². The van der Waals surface area contributed by atoms with Gasteiger partial charge in [0, 0.05) is 35.8 Å². The van der Waals surface area contributed by atoms with Crippen LogP contribution in [0.4, 0.5) is 5.69 Å². The third-order valence-corrected chi connectivity index (χ3v) is 3.94. The predicted octanol–water partition coefficient (Wildman–Crippen LogP) is 2.79. The highest BCUT2D eigenvalue weighted by Gasteiger charge is 2.05. The minimum Gasteiger partial charge on any atom is -0.399 e. The molecule has 4 N–H and O–H groups in total. The van der Waals surface area contributed by atoms with E-state index in [1.165, 1.54) is 0 Å². The lowest BCUT2D eigenvalue weighted by atomic mass is 10.1. The summed E-state index contributed by atoms with van der Waals surface area (Å²) in [5, 5.41) is 6.25.